The molecule has 0 atom stereocenters. The van der Waals surface area contributed by atoms with E-state index in [2.05, 4.69) is 17.0 Å². The highest BCUT2D eigenvalue weighted by Crippen LogP contribution is 2.13. The number of benzene rings is 2. The van der Waals surface area contributed by atoms with Crippen molar-refractivity contribution < 1.29 is 10.0 Å². The summed E-state index contributed by atoms with van der Waals surface area (Å²) in [5.74, 6) is 0. The molecule has 4 heteroatoms. The molecule has 0 heterocycles. The lowest BCUT2D eigenvalue weighted by Crippen LogP contribution is -2.29. The van der Waals surface area contributed by atoms with Gasteiger partial charge in [-0.2, -0.15) is 0 Å². The van der Waals surface area contributed by atoms with E-state index in [0.717, 1.165) is 12.2 Å². The fourth-order valence-corrected chi connectivity index (χ4v) is 1.85. The van der Waals surface area contributed by atoms with Crippen molar-refractivity contribution in [2.75, 3.05) is 11.9 Å². The van der Waals surface area contributed by atoms with Crippen LogP contribution in [0.4, 0.5) is 5.69 Å². The van der Waals surface area contributed by atoms with E-state index in [1.807, 2.05) is 37.4 Å². The summed E-state index contributed by atoms with van der Waals surface area (Å²) in [5.41, 5.74) is 2.79. The molecular weight excluding hydrogens is 225 g/mol. The van der Waals surface area contributed by atoms with Crippen molar-refractivity contribution in [1.29, 1.82) is 0 Å². The predicted molar refractivity (Wildman–Crippen MR) is 74.8 cm³/mol. The fraction of sp³-hybridized carbons (Fsp3) is 0.143. The molecule has 2 N–H and O–H groups in total. The highest BCUT2D eigenvalue weighted by atomic mass is 16.4. The first-order valence-corrected chi connectivity index (χ1v) is 5.88. The monoisotopic (exact) mass is 241 g/mol. The molecule has 3 nitrogen and oxygen atoms in total. The summed E-state index contributed by atoms with van der Waals surface area (Å²) in [4.78, 5) is 2.11. The molecule has 0 saturated heterocycles. The van der Waals surface area contributed by atoms with Crippen molar-refractivity contribution in [3.63, 3.8) is 0 Å². The third-order valence-electron chi connectivity index (χ3n) is 2.89. The molecule has 0 radical (unpaired) electrons. The molecule has 0 bridgehead atoms. The standard InChI is InChI=1S/C14H16BNO2/c1-16(11-12-5-3-2-4-6-12)14-9-7-13(8-10-14)15(17)18/h2-10,17-18H,11H2,1H3. The van der Waals surface area contributed by atoms with E-state index in [0.29, 0.717) is 5.46 Å². The molecule has 0 amide bonds. The summed E-state index contributed by atoms with van der Waals surface area (Å²) in [6.45, 7) is 0.821. The maximum atomic E-state index is 9.03. The molecule has 18 heavy (non-hydrogen) atoms. The van der Waals surface area contributed by atoms with Gasteiger partial charge in [0.05, 0.1) is 0 Å². The molecule has 0 aromatic heterocycles. The lowest BCUT2D eigenvalue weighted by Gasteiger charge is -2.19. The molecule has 0 saturated carbocycles. The summed E-state index contributed by atoms with van der Waals surface area (Å²) < 4.78 is 0. The molecule has 2 aromatic carbocycles. The van der Waals surface area contributed by atoms with Gasteiger partial charge in [0.2, 0.25) is 0 Å². The minimum Gasteiger partial charge on any atom is -0.423 e. The molecule has 0 fully saturated rings. The van der Waals surface area contributed by atoms with Crippen molar-refractivity contribution in [3.05, 3.63) is 60.2 Å². The van der Waals surface area contributed by atoms with Crippen LogP contribution < -0.4 is 10.4 Å². The molecule has 0 spiro atoms. The Balaban J connectivity index is 2.07. The van der Waals surface area contributed by atoms with Crippen LogP contribution in [0.3, 0.4) is 0 Å². The van der Waals surface area contributed by atoms with Crippen LogP contribution in [0.1, 0.15) is 5.56 Å². The lowest BCUT2D eigenvalue weighted by molar-refractivity contribution is 0.426. The summed E-state index contributed by atoms with van der Waals surface area (Å²) in [7, 11) is 0.607. The topological polar surface area (TPSA) is 43.7 Å². The van der Waals surface area contributed by atoms with Gasteiger partial charge in [0.25, 0.3) is 0 Å². The molecular formula is C14H16BNO2. The maximum absolute atomic E-state index is 9.03. The molecule has 0 aliphatic heterocycles. The maximum Gasteiger partial charge on any atom is 0.488 e. The third kappa shape index (κ3) is 3.12. The Bertz CT molecular complexity index is 485. The second kappa shape index (κ2) is 5.71. The number of hydrogen-bond donors (Lipinski definition) is 2. The summed E-state index contributed by atoms with van der Waals surface area (Å²) in [5, 5.41) is 18.1. The van der Waals surface area contributed by atoms with Crippen LogP contribution in [0.2, 0.25) is 0 Å². The van der Waals surface area contributed by atoms with E-state index in [9.17, 15) is 0 Å². The zero-order valence-corrected chi connectivity index (χ0v) is 10.3. The van der Waals surface area contributed by atoms with Crippen molar-refractivity contribution >= 4 is 18.3 Å². The van der Waals surface area contributed by atoms with E-state index in [-0.39, 0.29) is 0 Å². The van der Waals surface area contributed by atoms with E-state index in [1.165, 1.54) is 5.56 Å². The van der Waals surface area contributed by atoms with Crippen molar-refractivity contribution in [2.24, 2.45) is 0 Å². The van der Waals surface area contributed by atoms with Crippen LogP contribution in [0.15, 0.2) is 54.6 Å². The summed E-state index contributed by atoms with van der Waals surface area (Å²) >= 11 is 0. The van der Waals surface area contributed by atoms with Gasteiger partial charge in [-0.15, -0.1) is 0 Å². The first-order chi connectivity index (χ1) is 8.66. The zero-order chi connectivity index (χ0) is 13.0. The highest BCUT2D eigenvalue weighted by Gasteiger charge is 2.10. The van der Waals surface area contributed by atoms with Gasteiger partial charge in [0.1, 0.15) is 0 Å². The Hall–Kier alpha value is -1.78. The number of rotatable bonds is 4. The van der Waals surface area contributed by atoms with Gasteiger partial charge in [-0.1, -0.05) is 42.5 Å². The second-order valence-electron chi connectivity index (χ2n) is 4.31. The Morgan fingerprint density at radius 1 is 0.944 bits per heavy atom. The number of anilines is 1. The van der Waals surface area contributed by atoms with Gasteiger partial charge in [-0.3, -0.25) is 0 Å². The minimum atomic E-state index is -1.40. The van der Waals surface area contributed by atoms with Crippen LogP contribution in [0.25, 0.3) is 0 Å². The van der Waals surface area contributed by atoms with E-state index in [4.69, 9.17) is 10.0 Å². The van der Waals surface area contributed by atoms with Crippen molar-refractivity contribution in [3.8, 4) is 0 Å². The van der Waals surface area contributed by atoms with Crippen LogP contribution in [-0.2, 0) is 6.54 Å². The van der Waals surface area contributed by atoms with E-state index >= 15 is 0 Å². The Morgan fingerprint density at radius 3 is 2.11 bits per heavy atom. The largest absolute Gasteiger partial charge is 0.488 e. The van der Waals surface area contributed by atoms with Crippen LogP contribution in [-0.4, -0.2) is 24.2 Å². The number of nitrogens with zero attached hydrogens (tertiary/aromatic N) is 1. The lowest BCUT2D eigenvalue weighted by atomic mass is 9.80. The van der Waals surface area contributed by atoms with Crippen molar-refractivity contribution in [1.82, 2.24) is 0 Å². The van der Waals surface area contributed by atoms with Gasteiger partial charge in [-0.25, -0.2) is 0 Å². The van der Waals surface area contributed by atoms with Gasteiger partial charge >= 0.3 is 7.12 Å². The second-order valence-corrected chi connectivity index (χ2v) is 4.31. The van der Waals surface area contributed by atoms with E-state index in [1.54, 1.807) is 12.1 Å². The Morgan fingerprint density at radius 2 is 1.56 bits per heavy atom. The first-order valence-electron chi connectivity index (χ1n) is 5.88. The number of hydrogen-bond acceptors (Lipinski definition) is 3. The highest BCUT2D eigenvalue weighted by molar-refractivity contribution is 6.58. The van der Waals surface area contributed by atoms with Crippen LogP contribution in [0, 0.1) is 0 Å². The van der Waals surface area contributed by atoms with Gasteiger partial charge < -0.3 is 14.9 Å². The average Bonchev–Trinajstić information content (AvgIpc) is 2.40. The molecule has 2 rings (SSSR count). The molecule has 2 aromatic rings. The van der Waals surface area contributed by atoms with Gasteiger partial charge in [-0.05, 0) is 23.2 Å². The SMILES string of the molecule is CN(Cc1ccccc1)c1ccc(B(O)O)cc1. The zero-order valence-electron chi connectivity index (χ0n) is 10.3. The van der Waals surface area contributed by atoms with Crippen LogP contribution >= 0.6 is 0 Å². The summed E-state index contributed by atoms with van der Waals surface area (Å²) in [6, 6.07) is 17.4. The summed E-state index contributed by atoms with van der Waals surface area (Å²) in [6.07, 6.45) is 0. The van der Waals surface area contributed by atoms with Crippen molar-refractivity contribution in [2.45, 2.75) is 6.54 Å². The minimum absolute atomic E-state index is 0.506. The quantitative estimate of drug-likeness (QED) is 0.785. The van der Waals surface area contributed by atoms with Gasteiger partial charge in [0, 0.05) is 19.3 Å². The average molecular weight is 241 g/mol. The Kier molecular flexibility index (Phi) is 4.02. The molecule has 0 unspecified atom stereocenters. The van der Waals surface area contributed by atoms with Gasteiger partial charge in [0.15, 0.2) is 0 Å². The fourth-order valence-electron chi connectivity index (χ4n) is 1.85. The first kappa shape index (κ1) is 12.7. The smallest absolute Gasteiger partial charge is 0.423 e. The van der Waals surface area contributed by atoms with E-state index < -0.39 is 7.12 Å². The normalized spacial score (nSPS) is 10.2. The third-order valence-corrected chi connectivity index (χ3v) is 2.89. The molecule has 0 aliphatic carbocycles. The molecule has 0 aliphatic rings. The molecule has 92 valence electrons. The Labute approximate surface area is 107 Å². The van der Waals surface area contributed by atoms with Crippen LogP contribution in [0.5, 0.6) is 0 Å². The predicted octanol–water partition coefficient (Wildman–Crippen LogP) is 1.00.